The number of hydrogen-bond donors (Lipinski definition) is 5. The fraction of sp³-hybridized carbons (Fsp3) is 0.480. The van der Waals surface area contributed by atoms with Crippen molar-refractivity contribution >= 4 is 43.1 Å². The molecule has 4 rings (SSSR count). The number of benzene rings is 2. The van der Waals surface area contributed by atoms with Crippen molar-refractivity contribution in [3.8, 4) is 0 Å². The van der Waals surface area contributed by atoms with Crippen LogP contribution in [0.2, 0.25) is 5.02 Å². The smallest absolute Gasteiger partial charge is 0.255 e. The number of carbonyl (C=O) groups is 1. The Balaban J connectivity index is 1.51. The summed E-state index contributed by atoms with van der Waals surface area (Å²) >= 11 is 6.21. The van der Waals surface area contributed by atoms with Gasteiger partial charge in [0.15, 0.2) is 27.3 Å². The van der Waals surface area contributed by atoms with Crippen molar-refractivity contribution in [1.29, 1.82) is 0 Å². The summed E-state index contributed by atoms with van der Waals surface area (Å²) in [6, 6.07) is 4.54. The van der Waals surface area contributed by atoms with E-state index in [4.69, 9.17) is 16.7 Å². The normalized spacial score (nSPS) is 25.2. The third kappa shape index (κ3) is 6.55. The van der Waals surface area contributed by atoms with E-state index < -0.39 is 96.6 Å². The molecule has 2 bridgehead atoms. The summed E-state index contributed by atoms with van der Waals surface area (Å²) in [4.78, 5) is 12.4. The highest BCUT2D eigenvalue weighted by Gasteiger charge is 2.56. The number of sulfone groups is 1. The van der Waals surface area contributed by atoms with E-state index in [1.807, 2.05) is 0 Å². The molecule has 2 aliphatic rings. The predicted octanol–water partition coefficient (Wildman–Crippen LogP) is 1.98. The zero-order chi connectivity index (χ0) is 30.3. The second kappa shape index (κ2) is 11.8. The molecule has 4 unspecified atom stereocenters. The Morgan fingerprint density at radius 2 is 1.63 bits per heavy atom. The summed E-state index contributed by atoms with van der Waals surface area (Å²) in [5.74, 6) is -7.63. The Kier molecular flexibility index (Phi) is 9.10. The molecule has 0 aromatic heterocycles. The average molecular weight is 641 g/mol. The molecule has 1 amide bonds. The lowest BCUT2D eigenvalue weighted by atomic mass is 9.74. The molecular formula is C25H28ClF3N2O8S2. The number of aliphatic hydroxyl groups is 3. The molecule has 2 saturated carbocycles. The lowest BCUT2D eigenvalue weighted by Crippen LogP contribution is -2.55. The quantitative estimate of drug-likeness (QED) is 0.246. The first-order chi connectivity index (χ1) is 19.1. The summed E-state index contributed by atoms with van der Waals surface area (Å²) in [5, 5.41) is 30.7. The number of sulfonamides is 1. The number of carbonyl (C=O) groups excluding carboxylic acids is 1. The van der Waals surface area contributed by atoms with E-state index in [1.165, 1.54) is 12.1 Å². The minimum Gasteiger partial charge on any atom is -0.394 e. The minimum atomic E-state index is -4.17. The molecule has 226 valence electrons. The van der Waals surface area contributed by atoms with Crippen LogP contribution in [0.4, 0.5) is 18.9 Å². The van der Waals surface area contributed by atoms with Crippen LogP contribution in [-0.2, 0) is 19.9 Å². The van der Waals surface area contributed by atoms with Gasteiger partial charge in [-0.2, -0.15) is 0 Å². The third-order valence-electron chi connectivity index (χ3n) is 7.75. The van der Waals surface area contributed by atoms with Crippen molar-refractivity contribution in [2.24, 2.45) is 11.8 Å². The standard InChI is InChI=1S/C25H28ClF3N2O8S2/c26-19-4-1-13(24(34)31-16-8-20(27)23(29)21(28)9-16)5-22(19)41(38,39)18-6-14-2-3-15(7-18)25(14,35)12-30-40(36,37)11-17(33)10-32/h1,4-5,8-9,14-15,17-18,30,32-33,35H,2-3,6-7,10-12H2,(H,31,34)/t14-,15?,17?,18?,25?/m0/s1. The van der Waals surface area contributed by atoms with Gasteiger partial charge in [0.2, 0.25) is 10.0 Å². The molecule has 16 heteroatoms. The van der Waals surface area contributed by atoms with E-state index >= 15 is 0 Å². The summed E-state index contributed by atoms with van der Waals surface area (Å²) in [5.41, 5.74) is -2.13. The van der Waals surface area contributed by atoms with Gasteiger partial charge >= 0.3 is 0 Å². The number of nitrogens with one attached hydrogen (secondary N) is 2. The monoisotopic (exact) mass is 640 g/mol. The highest BCUT2D eigenvalue weighted by molar-refractivity contribution is 7.92. The van der Waals surface area contributed by atoms with Crippen LogP contribution in [0, 0.1) is 29.3 Å². The van der Waals surface area contributed by atoms with Crippen molar-refractivity contribution in [3.05, 3.63) is 58.4 Å². The minimum absolute atomic E-state index is 0.0167. The second-order valence-electron chi connectivity index (χ2n) is 10.4. The highest BCUT2D eigenvalue weighted by Crippen LogP contribution is 2.52. The third-order valence-corrected chi connectivity index (χ3v) is 11.8. The predicted molar refractivity (Wildman–Crippen MR) is 142 cm³/mol. The Morgan fingerprint density at radius 1 is 1.05 bits per heavy atom. The van der Waals surface area contributed by atoms with Gasteiger partial charge in [-0.25, -0.2) is 34.7 Å². The molecule has 2 aromatic rings. The van der Waals surface area contributed by atoms with Crippen LogP contribution in [0.15, 0.2) is 35.2 Å². The Morgan fingerprint density at radius 3 is 2.20 bits per heavy atom. The molecule has 5 atom stereocenters. The number of rotatable bonds is 10. The number of hydrogen-bond acceptors (Lipinski definition) is 8. The summed E-state index contributed by atoms with van der Waals surface area (Å²) in [7, 11) is -8.21. The average Bonchev–Trinajstić information content (AvgIpc) is 3.05. The van der Waals surface area contributed by atoms with Gasteiger partial charge in [-0.1, -0.05) is 11.6 Å². The van der Waals surface area contributed by atoms with Gasteiger partial charge in [0.1, 0.15) is 0 Å². The Labute approximate surface area is 239 Å². The molecule has 0 saturated heterocycles. The maximum absolute atomic E-state index is 13.7. The number of aliphatic hydroxyl groups excluding tert-OH is 2. The topological polar surface area (TPSA) is 170 Å². The van der Waals surface area contributed by atoms with Gasteiger partial charge in [-0.3, -0.25) is 4.79 Å². The number of anilines is 1. The molecular weight excluding hydrogens is 613 g/mol. The Bertz CT molecular complexity index is 1520. The van der Waals surface area contributed by atoms with Crippen LogP contribution in [0.3, 0.4) is 0 Å². The van der Waals surface area contributed by atoms with Crippen LogP contribution in [0.1, 0.15) is 36.0 Å². The lowest BCUT2D eigenvalue weighted by Gasteiger charge is -2.42. The molecule has 5 N–H and O–H groups in total. The summed E-state index contributed by atoms with van der Waals surface area (Å²) in [6.07, 6.45) is -0.654. The van der Waals surface area contributed by atoms with Gasteiger partial charge < -0.3 is 20.6 Å². The van der Waals surface area contributed by atoms with Crippen molar-refractivity contribution < 1.29 is 50.1 Å². The first kappa shape index (κ1) is 31.7. The molecule has 0 radical (unpaired) electrons. The van der Waals surface area contributed by atoms with Crippen LogP contribution >= 0.6 is 11.6 Å². The Hall–Kier alpha value is -2.27. The second-order valence-corrected chi connectivity index (χ2v) is 14.8. The molecule has 0 spiro atoms. The fourth-order valence-corrected chi connectivity index (χ4v) is 9.20. The molecule has 2 fully saturated rings. The van der Waals surface area contributed by atoms with Crippen molar-refractivity contribution in [2.75, 3.05) is 24.2 Å². The molecule has 2 aliphatic carbocycles. The van der Waals surface area contributed by atoms with Gasteiger partial charge in [0.25, 0.3) is 5.91 Å². The zero-order valence-corrected chi connectivity index (χ0v) is 23.7. The fourth-order valence-electron chi connectivity index (χ4n) is 5.62. The van der Waals surface area contributed by atoms with E-state index in [2.05, 4.69) is 10.0 Å². The number of halogens is 4. The first-order valence-electron chi connectivity index (χ1n) is 12.6. The van der Waals surface area contributed by atoms with Crippen LogP contribution < -0.4 is 10.0 Å². The van der Waals surface area contributed by atoms with Gasteiger partial charge in [-0.15, -0.1) is 0 Å². The van der Waals surface area contributed by atoms with Crippen LogP contribution in [0.25, 0.3) is 0 Å². The molecule has 0 aliphatic heterocycles. The largest absolute Gasteiger partial charge is 0.394 e. The summed E-state index contributed by atoms with van der Waals surface area (Å²) in [6.45, 7) is -1.15. The number of fused-ring (bicyclic) bond motifs is 2. The molecule has 2 aromatic carbocycles. The van der Waals surface area contributed by atoms with Gasteiger partial charge in [0.05, 0.1) is 39.2 Å². The van der Waals surface area contributed by atoms with Crippen LogP contribution in [0.5, 0.6) is 0 Å². The van der Waals surface area contributed by atoms with E-state index in [9.17, 15) is 45.0 Å². The van der Waals surface area contributed by atoms with Crippen molar-refractivity contribution in [3.63, 3.8) is 0 Å². The first-order valence-corrected chi connectivity index (χ1v) is 16.1. The van der Waals surface area contributed by atoms with Crippen molar-refractivity contribution in [2.45, 2.75) is 47.5 Å². The van der Waals surface area contributed by atoms with Crippen molar-refractivity contribution in [1.82, 2.24) is 4.72 Å². The van der Waals surface area contributed by atoms with Gasteiger partial charge in [0, 0.05) is 29.9 Å². The van der Waals surface area contributed by atoms with E-state index in [-0.39, 0.29) is 28.3 Å². The highest BCUT2D eigenvalue weighted by atomic mass is 35.5. The maximum atomic E-state index is 13.7. The zero-order valence-electron chi connectivity index (χ0n) is 21.4. The SMILES string of the molecule is O=C(Nc1cc(F)c(F)c(F)c1)c1ccc(Cl)c(S(=O)(=O)C2CC3CC[C@@H](C2)C3(O)CNS(=O)(=O)CC(O)CO)c1. The van der Waals surface area contributed by atoms with E-state index in [0.29, 0.717) is 25.0 Å². The maximum Gasteiger partial charge on any atom is 0.255 e. The van der Waals surface area contributed by atoms with Crippen LogP contribution in [-0.4, -0.2) is 73.9 Å². The molecule has 0 heterocycles. The summed E-state index contributed by atoms with van der Waals surface area (Å²) < 4.78 is 94.3. The van der Waals surface area contributed by atoms with Gasteiger partial charge in [-0.05, 0) is 55.7 Å². The van der Waals surface area contributed by atoms with E-state index in [0.717, 1.165) is 6.07 Å². The molecule has 10 nitrogen and oxygen atoms in total. The molecule has 41 heavy (non-hydrogen) atoms. The van der Waals surface area contributed by atoms with E-state index in [1.54, 1.807) is 0 Å². The number of amides is 1. The lowest BCUT2D eigenvalue weighted by molar-refractivity contribution is -0.0526.